The minimum atomic E-state index is -0.0250. The Morgan fingerprint density at radius 3 is 2.86 bits per heavy atom. The molecule has 1 aromatic heterocycles. The van der Waals surface area contributed by atoms with Crippen LogP contribution in [0.1, 0.15) is 12.1 Å². The number of aryl methyl sites for hydroxylation is 1. The number of carbonyl (C=O) groups excluding carboxylic acids is 1. The van der Waals surface area contributed by atoms with E-state index in [2.05, 4.69) is 17.8 Å². The first-order valence-corrected chi connectivity index (χ1v) is 5.09. The lowest BCUT2D eigenvalue weighted by Crippen LogP contribution is -2.24. The monoisotopic (exact) mass is 232 g/mol. The largest absolute Gasteiger partial charge is 0.336 e. The van der Waals surface area contributed by atoms with Crippen LogP contribution in [-0.2, 0) is 4.79 Å². The molecule has 0 radical (unpaired) electrons. The van der Waals surface area contributed by atoms with E-state index in [9.17, 15) is 4.79 Å². The lowest BCUT2D eigenvalue weighted by atomic mass is 10.4. The van der Waals surface area contributed by atoms with Gasteiger partial charge < -0.3 is 4.52 Å². The van der Waals surface area contributed by atoms with E-state index >= 15 is 0 Å². The molecule has 1 aliphatic rings. The number of carbonyl (C=O) groups is 1. The first-order chi connectivity index (χ1) is 6.59. The van der Waals surface area contributed by atoms with Crippen LogP contribution in [0.5, 0.6) is 0 Å². The summed E-state index contributed by atoms with van der Waals surface area (Å²) in [6.07, 6.45) is 0.416. The average molecular weight is 233 g/mol. The number of rotatable bonds is 1. The molecule has 0 spiro atoms. The van der Waals surface area contributed by atoms with Crippen LogP contribution in [-0.4, -0.2) is 22.9 Å². The fraction of sp³-hybridized carbons (Fsp3) is 0.500. The fourth-order valence-electron chi connectivity index (χ4n) is 1.40. The maximum atomic E-state index is 11.5. The second kappa shape index (κ2) is 3.47. The van der Waals surface area contributed by atoms with E-state index in [-0.39, 0.29) is 11.2 Å². The van der Waals surface area contributed by atoms with Gasteiger partial charge in [0.1, 0.15) is 10.7 Å². The highest BCUT2D eigenvalue weighted by Crippen LogP contribution is 2.32. The molecular weight excluding hydrogens is 224 g/mol. The van der Waals surface area contributed by atoms with Gasteiger partial charge in [-0.3, -0.25) is 9.69 Å². The van der Waals surface area contributed by atoms with Crippen molar-refractivity contribution in [3.05, 3.63) is 10.7 Å². The molecule has 0 bridgehead atoms. The molecule has 1 unspecified atom stereocenters. The molecule has 2 rings (SSSR count). The number of hydrogen-bond donors (Lipinski definition) is 1. The van der Waals surface area contributed by atoms with Gasteiger partial charge in [0.05, 0.1) is 0 Å². The number of thiol groups is 1. The van der Waals surface area contributed by atoms with E-state index in [4.69, 9.17) is 16.1 Å². The van der Waals surface area contributed by atoms with Crippen LogP contribution in [0, 0.1) is 6.92 Å². The van der Waals surface area contributed by atoms with Gasteiger partial charge in [-0.1, -0.05) is 16.8 Å². The van der Waals surface area contributed by atoms with Crippen LogP contribution >= 0.6 is 24.2 Å². The van der Waals surface area contributed by atoms with Gasteiger partial charge in [0.25, 0.3) is 5.88 Å². The summed E-state index contributed by atoms with van der Waals surface area (Å²) >= 11 is 10.2. The zero-order chi connectivity index (χ0) is 10.3. The predicted molar refractivity (Wildman–Crippen MR) is 56.0 cm³/mol. The molecule has 1 amide bonds. The van der Waals surface area contributed by atoms with Crippen molar-refractivity contribution < 1.29 is 9.32 Å². The third-order valence-electron chi connectivity index (χ3n) is 2.12. The van der Waals surface area contributed by atoms with Gasteiger partial charge in [-0.05, 0) is 6.92 Å². The number of nitrogens with zero attached hydrogens (tertiary/aromatic N) is 2. The van der Waals surface area contributed by atoms with E-state index < -0.39 is 0 Å². The van der Waals surface area contributed by atoms with Crippen molar-refractivity contribution >= 4 is 36.0 Å². The lowest BCUT2D eigenvalue weighted by Gasteiger charge is -2.10. The number of aromatic nitrogens is 1. The Morgan fingerprint density at radius 2 is 2.43 bits per heavy atom. The van der Waals surface area contributed by atoms with Crippen molar-refractivity contribution in [3.63, 3.8) is 0 Å². The van der Waals surface area contributed by atoms with Gasteiger partial charge in [0, 0.05) is 18.2 Å². The Morgan fingerprint density at radius 1 is 1.71 bits per heavy atom. The van der Waals surface area contributed by atoms with Crippen molar-refractivity contribution in [2.24, 2.45) is 0 Å². The SMILES string of the molecule is Cc1noc(N2CC(S)CC2=O)c1Cl. The molecule has 6 heteroatoms. The smallest absolute Gasteiger partial charge is 0.252 e. The third kappa shape index (κ3) is 1.50. The predicted octanol–water partition coefficient (Wildman–Crippen LogP) is 1.67. The Balaban J connectivity index is 2.32. The maximum absolute atomic E-state index is 11.5. The van der Waals surface area contributed by atoms with E-state index in [1.165, 1.54) is 4.90 Å². The van der Waals surface area contributed by atoms with Gasteiger partial charge in [-0.25, -0.2) is 0 Å². The van der Waals surface area contributed by atoms with Crippen molar-refractivity contribution in [1.29, 1.82) is 0 Å². The van der Waals surface area contributed by atoms with Crippen molar-refractivity contribution in [2.45, 2.75) is 18.6 Å². The number of anilines is 1. The summed E-state index contributed by atoms with van der Waals surface area (Å²) in [6.45, 7) is 2.25. The van der Waals surface area contributed by atoms with Crippen LogP contribution in [0.3, 0.4) is 0 Å². The molecule has 14 heavy (non-hydrogen) atoms. The summed E-state index contributed by atoms with van der Waals surface area (Å²) in [6, 6.07) is 0. The quantitative estimate of drug-likeness (QED) is 0.750. The highest BCUT2D eigenvalue weighted by molar-refractivity contribution is 7.81. The van der Waals surface area contributed by atoms with Crippen molar-refractivity contribution in [2.75, 3.05) is 11.4 Å². The van der Waals surface area contributed by atoms with Crippen LogP contribution in [0.4, 0.5) is 5.88 Å². The zero-order valence-corrected chi connectivity index (χ0v) is 9.18. The minimum absolute atomic E-state index is 0.0250. The highest BCUT2D eigenvalue weighted by atomic mass is 35.5. The molecular formula is C8H9ClN2O2S. The second-order valence-electron chi connectivity index (χ2n) is 3.25. The zero-order valence-electron chi connectivity index (χ0n) is 7.53. The van der Waals surface area contributed by atoms with E-state index in [0.717, 1.165) is 0 Å². The van der Waals surface area contributed by atoms with Crippen LogP contribution in [0.2, 0.25) is 5.02 Å². The van der Waals surface area contributed by atoms with E-state index in [1.807, 2.05) is 0 Å². The van der Waals surface area contributed by atoms with Crippen molar-refractivity contribution in [1.82, 2.24) is 5.16 Å². The van der Waals surface area contributed by atoms with E-state index in [1.54, 1.807) is 6.92 Å². The lowest BCUT2D eigenvalue weighted by molar-refractivity contribution is -0.117. The molecule has 1 fully saturated rings. The second-order valence-corrected chi connectivity index (χ2v) is 4.36. The molecule has 1 atom stereocenters. The topological polar surface area (TPSA) is 46.3 Å². The standard InChI is InChI=1S/C8H9ClN2O2S/c1-4-7(9)8(13-10-4)11-3-5(14)2-6(11)12/h5,14H,2-3H2,1H3. The third-order valence-corrected chi connectivity index (χ3v) is 2.91. The van der Waals surface area contributed by atoms with Gasteiger partial charge in [0.15, 0.2) is 0 Å². The molecule has 1 aromatic rings. The summed E-state index contributed by atoms with van der Waals surface area (Å²) in [4.78, 5) is 13.0. The number of hydrogen-bond acceptors (Lipinski definition) is 4. The summed E-state index contributed by atoms with van der Waals surface area (Å²) in [7, 11) is 0. The Bertz CT molecular complexity index is 379. The fourth-order valence-corrected chi connectivity index (χ4v) is 1.89. The first-order valence-electron chi connectivity index (χ1n) is 4.20. The molecule has 4 nitrogen and oxygen atoms in total. The van der Waals surface area contributed by atoms with Crippen LogP contribution in [0.25, 0.3) is 0 Å². The van der Waals surface area contributed by atoms with E-state index in [0.29, 0.717) is 29.6 Å². The first kappa shape index (κ1) is 9.86. The number of halogens is 1. The molecule has 0 saturated carbocycles. The van der Waals surface area contributed by atoms with Gasteiger partial charge in [-0.15, -0.1) is 0 Å². The summed E-state index contributed by atoms with van der Waals surface area (Å²) < 4.78 is 4.99. The van der Waals surface area contributed by atoms with Gasteiger partial charge >= 0.3 is 0 Å². The Labute approximate surface area is 91.6 Å². The Kier molecular flexibility index (Phi) is 2.45. The van der Waals surface area contributed by atoms with Gasteiger partial charge in [-0.2, -0.15) is 12.6 Å². The molecule has 1 aliphatic heterocycles. The summed E-state index contributed by atoms with van der Waals surface area (Å²) in [5.41, 5.74) is 0.595. The average Bonchev–Trinajstić information content (AvgIpc) is 2.59. The highest BCUT2D eigenvalue weighted by Gasteiger charge is 2.32. The van der Waals surface area contributed by atoms with Gasteiger partial charge in [0.2, 0.25) is 5.91 Å². The molecule has 1 saturated heterocycles. The maximum Gasteiger partial charge on any atom is 0.252 e. The molecule has 0 aliphatic carbocycles. The summed E-state index contributed by atoms with van der Waals surface area (Å²) in [5, 5.41) is 4.14. The molecule has 0 aromatic carbocycles. The molecule has 2 heterocycles. The number of amides is 1. The molecule has 0 N–H and O–H groups in total. The Hall–Kier alpha value is -0.680. The minimum Gasteiger partial charge on any atom is -0.336 e. The summed E-state index contributed by atoms with van der Waals surface area (Å²) in [5.74, 6) is 0.314. The van der Waals surface area contributed by atoms with Crippen LogP contribution in [0.15, 0.2) is 4.52 Å². The van der Waals surface area contributed by atoms with Crippen molar-refractivity contribution in [3.8, 4) is 0 Å². The molecule has 76 valence electrons. The van der Waals surface area contributed by atoms with Crippen LogP contribution < -0.4 is 4.90 Å². The normalized spacial score (nSPS) is 22.1.